The molecule has 0 aromatic carbocycles. The fourth-order valence-electron chi connectivity index (χ4n) is 0.882. The number of hydrogen-bond acceptors (Lipinski definition) is 1. The first-order chi connectivity index (χ1) is 4.84. The molecule has 10 heavy (non-hydrogen) atoms. The largest absolute Gasteiger partial charge is 0.325 e. The average molecular weight is 156 g/mol. The number of hydrogen-bond donors (Lipinski definition) is 1. The zero-order valence-corrected chi connectivity index (χ0v) is 7.41. The molecule has 1 aromatic heterocycles. The first-order valence-corrected chi connectivity index (χ1v) is 4.56. The highest BCUT2D eigenvalue weighted by molar-refractivity contribution is 7.20. The van der Waals surface area contributed by atoms with E-state index in [9.17, 15) is 0 Å². The fourth-order valence-corrected chi connectivity index (χ4v) is 1.58. The molecule has 0 bridgehead atoms. The maximum atomic E-state index is 4.29. The second kappa shape index (κ2) is 3.72. The summed E-state index contributed by atoms with van der Waals surface area (Å²) in [6.07, 6.45) is 3.65. The number of rotatable bonds is 3. The molecule has 0 fully saturated rings. The topological polar surface area (TPSA) is 28.7 Å². The van der Waals surface area contributed by atoms with Crippen molar-refractivity contribution >= 4 is 8.51 Å². The van der Waals surface area contributed by atoms with E-state index >= 15 is 0 Å². The van der Waals surface area contributed by atoms with Crippen molar-refractivity contribution in [2.45, 2.75) is 33.1 Å². The Balaban J connectivity index is 2.49. The van der Waals surface area contributed by atoms with Gasteiger partial charge in [0.15, 0.2) is 0 Å². The van der Waals surface area contributed by atoms with E-state index in [0.717, 1.165) is 14.9 Å². The highest BCUT2D eigenvalue weighted by Gasteiger charge is 1.98. The quantitative estimate of drug-likeness (QED) is 0.716. The van der Waals surface area contributed by atoms with Crippen molar-refractivity contribution in [2.75, 3.05) is 0 Å². The number of aromatic amines is 1. The Hall–Kier alpha value is -0.360. The number of H-pyrrole nitrogens is 1. The number of nitrogens with zero attached hydrogens (tertiary/aromatic N) is 1. The molecular weight excluding hydrogens is 143 g/mol. The molecule has 0 atom stereocenters. The third-order valence-corrected chi connectivity index (χ3v) is 2.37. The van der Waals surface area contributed by atoms with Gasteiger partial charge in [-0.1, -0.05) is 13.3 Å². The highest BCUT2D eigenvalue weighted by atomic mass is 31.1. The molecule has 0 saturated heterocycles. The maximum absolute atomic E-state index is 4.29. The van der Waals surface area contributed by atoms with Crippen LogP contribution in [-0.2, 0) is 6.42 Å². The van der Waals surface area contributed by atoms with Crippen molar-refractivity contribution in [1.29, 1.82) is 0 Å². The lowest BCUT2D eigenvalue weighted by molar-refractivity contribution is 0.778. The van der Waals surface area contributed by atoms with Crippen molar-refractivity contribution in [1.82, 2.24) is 9.49 Å². The van der Waals surface area contributed by atoms with E-state index in [1.807, 2.05) is 0 Å². The van der Waals surface area contributed by atoms with Crippen LogP contribution in [0.3, 0.4) is 0 Å². The van der Waals surface area contributed by atoms with Crippen molar-refractivity contribution in [3.05, 3.63) is 11.4 Å². The van der Waals surface area contributed by atoms with Gasteiger partial charge in [0.05, 0.1) is 5.69 Å². The van der Waals surface area contributed by atoms with Crippen LogP contribution in [0, 0.1) is 6.92 Å². The van der Waals surface area contributed by atoms with Gasteiger partial charge in [0, 0.05) is 5.69 Å². The van der Waals surface area contributed by atoms with Crippen LogP contribution in [0.1, 0.15) is 31.2 Å². The third-order valence-electron chi connectivity index (χ3n) is 1.59. The first kappa shape index (κ1) is 7.74. The molecule has 0 amide bonds. The molecule has 0 unspecified atom stereocenters. The van der Waals surface area contributed by atoms with Crippen LogP contribution in [0.25, 0.3) is 0 Å². The van der Waals surface area contributed by atoms with Gasteiger partial charge in [-0.2, -0.15) is 0 Å². The molecule has 0 spiro atoms. The molecule has 0 radical (unpaired) electrons. The molecule has 0 aliphatic carbocycles. The fraction of sp³-hybridized carbons (Fsp3) is 0.714. The number of unbranched alkanes of at least 4 members (excludes halogenated alkanes) is 1. The van der Waals surface area contributed by atoms with Gasteiger partial charge in [-0.25, -0.2) is 4.75 Å². The van der Waals surface area contributed by atoms with Gasteiger partial charge in [0.25, 0.3) is 0 Å². The second-order valence-corrected chi connectivity index (χ2v) is 3.11. The van der Waals surface area contributed by atoms with Crippen molar-refractivity contribution in [3.8, 4) is 0 Å². The van der Waals surface area contributed by atoms with Crippen LogP contribution >= 0.6 is 8.51 Å². The minimum absolute atomic E-state index is 1.01. The molecule has 0 saturated carbocycles. The van der Waals surface area contributed by atoms with Crippen LogP contribution in [0.5, 0.6) is 0 Å². The summed E-state index contributed by atoms with van der Waals surface area (Å²) < 4.78 is 7.46. The standard InChI is InChI=1S/C7H13N2P/c1-3-4-5-7-6(2)8-10-9-7/h3-5H2,1-2H3,(H,8,9). The molecule has 1 N–H and O–H groups in total. The molecule has 0 aliphatic heterocycles. The van der Waals surface area contributed by atoms with Crippen LogP contribution in [0.4, 0.5) is 0 Å². The zero-order chi connectivity index (χ0) is 7.40. The Morgan fingerprint density at radius 1 is 1.60 bits per heavy atom. The van der Waals surface area contributed by atoms with E-state index in [2.05, 4.69) is 23.3 Å². The minimum atomic E-state index is 1.01. The van der Waals surface area contributed by atoms with E-state index in [0.29, 0.717) is 0 Å². The molecule has 1 aromatic rings. The zero-order valence-electron chi connectivity index (χ0n) is 6.52. The van der Waals surface area contributed by atoms with Crippen molar-refractivity contribution < 1.29 is 0 Å². The number of aromatic nitrogens is 2. The molecule has 0 aliphatic rings. The van der Waals surface area contributed by atoms with Crippen molar-refractivity contribution in [2.24, 2.45) is 0 Å². The predicted molar refractivity (Wildman–Crippen MR) is 44.4 cm³/mol. The van der Waals surface area contributed by atoms with Gasteiger partial charge in [-0.3, -0.25) is 0 Å². The van der Waals surface area contributed by atoms with Gasteiger partial charge < -0.3 is 4.75 Å². The lowest BCUT2D eigenvalue weighted by atomic mass is 10.2. The van der Waals surface area contributed by atoms with Gasteiger partial charge in [-0.15, -0.1) is 0 Å². The van der Waals surface area contributed by atoms with E-state index in [1.165, 1.54) is 24.2 Å². The van der Waals surface area contributed by atoms with Crippen molar-refractivity contribution in [3.63, 3.8) is 0 Å². The van der Waals surface area contributed by atoms with Crippen LogP contribution in [-0.4, -0.2) is 9.49 Å². The van der Waals surface area contributed by atoms with E-state index in [1.54, 1.807) is 0 Å². The summed E-state index contributed by atoms with van der Waals surface area (Å²) in [5, 5.41) is 0. The summed E-state index contributed by atoms with van der Waals surface area (Å²) >= 11 is 0. The summed E-state index contributed by atoms with van der Waals surface area (Å²) in [6, 6.07) is 0. The summed E-state index contributed by atoms with van der Waals surface area (Å²) in [5.41, 5.74) is 2.53. The van der Waals surface area contributed by atoms with Gasteiger partial charge in [-0.05, 0) is 19.8 Å². The van der Waals surface area contributed by atoms with Crippen LogP contribution in [0.2, 0.25) is 0 Å². The normalized spacial score (nSPS) is 11.0. The van der Waals surface area contributed by atoms with Crippen LogP contribution < -0.4 is 0 Å². The maximum Gasteiger partial charge on any atom is 0.129 e. The average Bonchev–Trinajstić information content (AvgIpc) is 2.31. The second-order valence-electron chi connectivity index (χ2n) is 2.49. The third kappa shape index (κ3) is 1.81. The monoisotopic (exact) mass is 156 g/mol. The Morgan fingerprint density at radius 3 is 2.90 bits per heavy atom. The van der Waals surface area contributed by atoms with Gasteiger partial charge in [0.2, 0.25) is 0 Å². The minimum Gasteiger partial charge on any atom is -0.325 e. The smallest absolute Gasteiger partial charge is 0.129 e. The van der Waals surface area contributed by atoms with E-state index in [4.69, 9.17) is 0 Å². The lowest BCUT2D eigenvalue weighted by Gasteiger charge is -1.93. The molecule has 3 heteroatoms. The molecular formula is C7H13N2P. The Morgan fingerprint density at radius 2 is 2.40 bits per heavy atom. The molecule has 1 rings (SSSR count). The summed E-state index contributed by atoms with van der Waals surface area (Å²) in [5.74, 6) is 0. The summed E-state index contributed by atoms with van der Waals surface area (Å²) in [4.78, 5) is 0. The highest BCUT2D eigenvalue weighted by Crippen LogP contribution is 2.09. The molecule has 56 valence electrons. The van der Waals surface area contributed by atoms with Gasteiger partial charge in [0.1, 0.15) is 8.51 Å². The summed E-state index contributed by atoms with van der Waals surface area (Å²) in [7, 11) is 1.01. The van der Waals surface area contributed by atoms with Gasteiger partial charge >= 0.3 is 0 Å². The Labute approximate surface area is 63.3 Å². The van der Waals surface area contributed by atoms with Crippen LogP contribution in [0.15, 0.2) is 0 Å². The predicted octanol–water partition coefficient (Wildman–Crippen LogP) is 2.64. The number of nitrogens with one attached hydrogen (secondary N) is 1. The number of aryl methyl sites for hydroxylation is 2. The SMILES string of the molecule is CCCCc1np[nH]c1C. The summed E-state index contributed by atoms with van der Waals surface area (Å²) in [6.45, 7) is 4.30. The first-order valence-electron chi connectivity index (χ1n) is 3.71. The molecule has 1 heterocycles. The van der Waals surface area contributed by atoms with E-state index in [-0.39, 0.29) is 0 Å². The van der Waals surface area contributed by atoms with E-state index < -0.39 is 0 Å². The Bertz CT molecular complexity index is 195. The molecule has 2 nitrogen and oxygen atoms in total. The Kier molecular flexibility index (Phi) is 2.88. The lowest BCUT2D eigenvalue weighted by Crippen LogP contribution is -1.86.